The number of hydrogen-bond acceptors (Lipinski definition) is 6. The van der Waals surface area contributed by atoms with Crippen LogP contribution in [0, 0.1) is 0 Å². The Morgan fingerprint density at radius 1 is 0.368 bits per heavy atom. The van der Waals surface area contributed by atoms with Gasteiger partial charge in [0.1, 0.15) is 13.2 Å². The molecule has 0 fully saturated rings. The van der Waals surface area contributed by atoms with Crippen LogP contribution < -0.4 is 0 Å². The Morgan fingerprint density at radius 3 is 1.09 bits per heavy atom. The Labute approximate surface area is 352 Å². The number of unbranched alkanes of at least 4 members (excludes halogenated alkanes) is 24. The van der Waals surface area contributed by atoms with Crippen LogP contribution in [0.25, 0.3) is 0 Å². The third-order valence-corrected chi connectivity index (χ3v) is 10.3. The molecule has 0 aromatic carbocycles. The van der Waals surface area contributed by atoms with Crippen LogP contribution in [0.15, 0.2) is 48.6 Å². The molecule has 0 aromatic rings. The number of rotatable bonds is 43. The fourth-order valence-corrected chi connectivity index (χ4v) is 6.75. The molecule has 0 aliphatic carbocycles. The lowest BCUT2D eigenvalue weighted by atomic mass is 10.0. The molecule has 0 spiro atoms. The highest BCUT2D eigenvalue weighted by Gasteiger charge is 2.19. The number of esters is 3. The Morgan fingerprint density at radius 2 is 0.684 bits per heavy atom. The van der Waals surface area contributed by atoms with Gasteiger partial charge in [0.15, 0.2) is 6.10 Å². The summed E-state index contributed by atoms with van der Waals surface area (Å²) in [5, 5.41) is 0. The Balaban J connectivity index is 4.29. The highest BCUT2D eigenvalue weighted by molar-refractivity contribution is 5.71. The number of carbonyl (C=O) groups is 3. The van der Waals surface area contributed by atoms with Gasteiger partial charge in [0.05, 0.1) is 0 Å². The van der Waals surface area contributed by atoms with Gasteiger partial charge in [-0.05, 0) is 70.6 Å². The monoisotopic (exact) mass is 799 g/mol. The topological polar surface area (TPSA) is 78.9 Å². The van der Waals surface area contributed by atoms with Crippen LogP contribution in [-0.2, 0) is 28.6 Å². The smallest absolute Gasteiger partial charge is 0.306 e. The average Bonchev–Trinajstić information content (AvgIpc) is 3.21. The van der Waals surface area contributed by atoms with Crippen molar-refractivity contribution in [2.24, 2.45) is 0 Å². The first-order valence-corrected chi connectivity index (χ1v) is 24.1. The number of allylic oxidation sites excluding steroid dienone is 8. The first-order chi connectivity index (χ1) is 28.0. The van der Waals surface area contributed by atoms with Crippen molar-refractivity contribution in [1.29, 1.82) is 0 Å². The van der Waals surface area contributed by atoms with Crippen molar-refractivity contribution in [3.63, 3.8) is 0 Å². The van der Waals surface area contributed by atoms with Gasteiger partial charge in [-0.2, -0.15) is 0 Å². The summed E-state index contributed by atoms with van der Waals surface area (Å²) in [5.41, 5.74) is 0. The maximum absolute atomic E-state index is 12.7. The molecule has 330 valence electrons. The number of carbonyl (C=O) groups excluding carboxylic acids is 3. The molecule has 0 saturated heterocycles. The first kappa shape index (κ1) is 54.4. The summed E-state index contributed by atoms with van der Waals surface area (Å²) in [7, 11) is 0. The Kier molecular flexibility index (Phi) is 43.9. The summed E-state index contributed by atoms with van der Waals surface area (Å²) in [6.45, 7) is 6.37. The first-order valence-electron chi connectivity index (χ1n) is 24.1. The molecule has 57 heavy (non-hydrogen) atoms. The summed E-state index contributed by atoms with van der Waals surface area (Å²) in [4.78, 5) is 37.7. The number of hydrogen-bond donors (Lipinski definition) is 0. The van der Waals surface area contributed by atoms with E-state index in [1.54, 1.807) is 0 Å². The minimum Gasteiger partial charge on any atom is -0.462 e. The molecule has 0 bridgehead atoms. The van der Waals surface area contributed by atoms with Gasteiger partial charge in [0, 0.05) is 19.3 Å². The molecular weight excluding hydrogens is 709 g/mol. The second-order valence-electron chi connectivity index (χ2n) is 16.0. The maximum Gasteiger partial charge on any atom is 0.306 e. The zero-order chi connectivity index (χ0) is 41.5. The van der Waals surface area contributed by atoms with Crippen molar-refractivity contribution in [1.82, 2.24) is 0 Å². The van der Waals surface area contributed by atoms with Crippen LogP contribution in [0.2, 0.25) is 0 Å². The van der Waals surface area contributed by atoms with Crippen molar-refractivity contribution in [3.8, 4) is 0 Å². The van der Waals surface area contributed by atoms with Crippen molar-refractivity contribution >= 4 is 17.9 Å². The third kappa shape index (κ3) is 44.3. The molecule has 0 rings (SSSR count). The van der Waals surface area contributed by atoms with E-state index in [1.165, 1.54) is 96.3 Å². The quantitative estimate of drug-likeness (QED) is 0.0265. The van der Waals surface area contributed by atoms with E-state index in [2.05, 4.69) is 69.4 Å². The highest BCUT2D eigenvalue weighted by Crippen LogP contribution is 2.15. The lowest BCUT2D eigenvalue weighted by molar-refractivity contribution is -0.167. The summed E-state index contributed by atoms with van der Waals surface area (Å²) in [6.07, 6.45) is 54.0. The molecule has 0 radical (unpaired) electrons. The van der Waals surface area contributed by atoms with E-state index in [0.717, 1.165) is 103 Å². The Hall–Kier alpha value is -2.63. The molecule has 0 aromatic heterocycles. The van der Waals surface area contributed by atoms with Crippen molar-refractivity contribution in [2.75, 3.05) is 13.2 Å². The fraction of sp³-hybridized carbons (Fsp3) is 0.784. The van der Waals surface area contributed by atoms with Gasteiger partial charge in [0.2, 0.25) is 0 Å². The lowest BCUT2D eigenvalue weighted by Gasteiger charge is -2.18. The molecule has 6 nitrogen and oxygen atoms in total. The molecular formula is C51H90O6. The van der Waals surface area contributed by atoms with Gasteiger partial charge >= 0.3 is 17.9 Å². The zero-order valence-electron chi connectivity index (χ0n) is 37.6. The van der Waals surface area contributed by atoms with E-state index in [-0.39, 0.29) is 31.1 Å². The molecule has 0 N–H and O–H groups in total. The zero-order valence-corrected chi connectivity index (χ0v) is 37.6. The van der Waals surface area contributed by atoms with E-state index >= 15 is 0 Å². The van der Waals surface area contributed by atoms with Gasteiger partial charge in [-0.3, -0.25) is 14.4 Å². The van der Waals surface area contributed by atoms with Crippen LogP contribution >= 0.6 is 0 Å². The average molecular weight is 799 g/mol. The fourth-order valence-electron chi connectivity index (χ4n) is 6.75. The van der Waals surface area contributed by atoms with E-state index in [4.69, 9.17) is 14.2 Å². The minimum atomic E-state index is -0.788. The molecule has 0 saturated carbocycles. The van der Waals surface area contributed by atoms with Gasteiger partial charge < -0.3 is 14.2 Å². The van der Waals surface area contributed by atoms with Crippen LogP contribution in [0.5, 0.6) is 0 Å². The van der Waals surface area contributed by atoms with Gasteiger partial charge in [0.25, 0.3) is 0 Å². The summed E-state index contributed by atoms with van der Waals surface area (Å²) >= 11 is 0. The predicted octanol–water partition coefficient (Wildman–Crippen LogP) is 15.5. The van der Waals surface area contributed by atoms with Crippen LogP contribution in [0.4, 0.5) is 0 Å². The van der Waals surface area contributed by atoms with Gasteiger partial charge in [-0.1, -0.05) is 198 Å². The van der Waals surface area contributed by atoms with E-state index in [1.807, 2.05) is 0 Å². The normalized spacial score (nSPS) is 12.4. The Bertz CT molecular complexity index is 1010. The van der Waals surface area contributed by atoms with E-state index in [9.17, 15) is 14.4 Å². The SMILES string of the molecule is CC/C=C\C/C=C\CCCCCCCC(=O)OC(COC(=O)CCCC/C=C\C/C=C\CC)COC(=O)CCCCCCCCCCCCCCCCCCCC. The predicted molar refractivity (Wildman–Crippen MR) is 242 cm³/mol. The molecule has 0 aliphatic rings. The second kappa shape index (κ2) is 46.1. The molecule has 0 heterocycles. The van der Waals surface area contributed by atoms with Crippen molar-refractivity contribution in [3.05, 3.63) is 48.6 Å². The van der Waals surface area contributed by atoms with Crippen LogP contribution in [-0.4, -0.2) is 37.2 Å². The summed E-state index contributed by atoms with van der Waals surface area (Å²) in [6, 6.07) is 0. The molecule has 1 atom stereocenters. The highest BCUT2D eigenvalue weighted by atomic mass is 16.6. The van der Waals surface area contributed by atoms with E-state index < -0.39 is 6.10 Å². The second-order valence-corrected chi connectivity index (χ2v) is 16.0. The third-order valence-electron chi connectivity index (χ3n) is 10.3. The minimum absolute atomic E-state index is 0.0874. The molecule has 0 aliphatic heterocycles. The summed E-state index contributed by atoms with van der Waals surface area (Å²) < 4.78 is 16.7. The maximum atomic E-state index is 12.7. The standard InChI is InChI=1S/C51H90O6/c1-4-7-10-13-16-19-21-23-24-25-26-27-28-30-32-35-38-41-44-50(53)56-47-48(46-55-49(52)43-40-37-34-31-18-15-12-9-6-3)57-51(54)45-42-39-36-33-29-22-20-17-14-11-8-5-2/h8-9,11-12,17-18,20,31,48H,4-7,10,13-16,19,21-30,32-47H2,1-3H3/b11-8-,12-9-,20-17-,31-18-. The number of ether oxygens (including phenoxy) is 3. The van der Waals surface area contributed by atoms with Crippen LogP contribution in [0.1, 0.15) is 239 Å². The largest absolute Gasteiger partial charge is 0.462 e. The molecule has 6 heteroatoms. The van der Waals surface area contributed by atoms with Crippen LogP contribution in [0.3, 0.4) is 0 Å². The summed E-state index contributed by atoms with van der Waals surface area (Å²) in [5.74, 6) is -0.938. The molecule has 0 amide bonds. The van der Waals surface area contributed by atoms with E-state index in [0.29, 0.717) is 19.3 Å². The van der Waals surface area contributed by atoms with Crippen molar-refractivity contribution < 1.29 is 28.6 Å². The van der Waals surface area contributed by atoms with Gasteiger partial charge in [-0.15, -0.1) is 0 Å². The van der Waals surface area contributed by atoms with Gasteiger partial charge in [-0.25, -0.2) is 0 Å². The lowest BCUT2D eigenvalue weighted by Crippen LogP contribution is -2.30. The van der Waals surface area contributed by atoms with Crippen molar-refractivity contribution in [2.45, 2.75) is 245 Å². The molecule has 1 unspecified atom stereocenters.